The summed E-state index contributed by atoms with van der Waals surface area (Å²) in [4.78, 5) is 0. The normalized spacial score (nSPS) is 14.1. The molecule has 3 unspecified atom stereocenters. The molecule has 3 nitrogen and oxygen atoms in total. The lowest BCUT2D eigenvalue weighted by atomic mass is 9.80. The maximum absolute atomic E-state index is 13.1. The van der Waals surface area contributed by atoms with Crippen molar-refractivity contribution in [1.82, 2.24) is 0 Å². The highest BCUT2D eigenvalue weighted by Crippen LogP contribution is 2.51. The first kappa shape index (κ1) is 41.2. The van der Waals surface area contributed by atoms with Crippen molar-refractivity contribution < 1.29 is 15.3 Å². The first-order valence-electron chi connectivity index (χ1n) is 26.4. The zero-order valence-corrected chi connectivity index (χ0v) is 40.9. The highest BCUT2D eigenvalue weighted by Gasteiger charge is 2.28. The van der Waals surface area contributed by atoms with Crippen molar-refractivity contribution in [3.8, 4) is 0 Å². The average Bonchev–Trinajstić information content (AvgIpc) is 3.48. The van der Waals surface area contributed by atoms with Crippen LogP contribution in [0.4, 0.5) is 0 Å². The third-order valence-electron chi connectivity index (χ3n) is 17.9. The van der Waals surface area contributed by atoms with Gasteiger partial charge in [0.1, 0.15) is 18.3 Å². The number of aliphatic hydroxyl groups is 3. The first-order chi connectivity index (χ1) is 37.4. The Bertz CT molecular complexity index is 5480. The minimum absolute atomic E-state index is 0.794. The lowest BCUT2D eigenvalue weighted by Gasteiger charge is -2.25. The fourth-order valence-corrected chi connectivity index (χ4v) is 14.7. The Hall–Kier alpha value is -9.22. The van der Waals surface area contributed by atoms with Crippen molar-refractivity contribution in [3.63, 3.8) is 0 Å². The molecule has 18 rings (SSSR count). The molecule has 0 spiro atoms. The Kier molecular flexibility index (Phi) is 7.88. The molecule has 0 saturated heterocycles. The zero-order chi connectivity index (χ0) is 49.8. The molecule has 0 aliphatic heterocycles. The first-order valence-corrected chi connectivity index (χ1v) is 26.4. The van der Waals surface area contributed by atoms with Crippen molar-refractivity contribution in [1.29, 1.82) is 0 Å². The third-order valence-corrected chi connectivity index (χ3v) is 17.9. The van der Waals surface area contributed by atoms with Gasteiger partial charge in [-0.15, -0.1) is 0 Å². The van der Waals surface area contributed by atoms with Gasteiger partial charge in [-0.1, -0.05) is 170 Å². The summed E-state index contributed by atoms with van der Waals surface area (Å²) in [6, 6.07) is 78.1. The predicted octanol–water partition coefficient (Wildman–Crippen LogP) is 18.3. The molecule has 0 aliphatic carbocycles. The van der Waals surface area contributed by atoms with Gasteiger partial charge in [0.05, 0.1) is 0 Å². The van der Waals surface area contributed by atoms with Gasteiger partial charge in [0, 0.05) is 0 Å². The van der Waals surface area contributed by atoms with Crippen LogP contribution in [-0.2, 0) is 0 Å². The van der Waals surface area contributed by atoms with Crippen molar-refractivity contribution in [2.75, 3.05) is 0 Å². The van der Waals surface area contributed by atoms with Crippen LogP contribution in [0.2, 0.25) is 0 Å². The number of fused-ring (bicyclic) bond motifs is 1. The van der Waals surface area contributed by atoms with E-state index in [0.717, 1.165) is 136 Å². The summed E-state index contributed by atoms with van der Waals surface area (Å²) < 4.78 is 0. The van der Waals surface area contributed by atoms with E-state index >= 15 is 0 Å². The lowest BCUT2D eigenvalue weighted by Crippen LogP contribution is -2.05. The predicted molar refractivity (Wildman–Crippen MR) is 319 cm³/mol. The van der Waals surface area contributed by atoms with Crippen LogP contribution in [0.25, 0.3) is 151 Å². The van der Waals surface area contributed by atoms with Gasteiger partial charge in [-0.05, 0) is 233 Å². The van der Waals surface area contributed by atoms with Crippen LogP contribution in [-0.4, -0.2) is 15.3 Å². The summed E-state index contributed by atoms with van der Waals surface area (Å²) in [5, 5.41) is 70.3. The molecule has 0 aromatic heterocycles. The highest BCUT2D eigenvalue weighted by molar-refractivity contribution is 6.40. The molecule has 76 heavy (non-hydrogen) atoms. The van der Waals surface area contributed by atoms with Gasteiger partial charge in [-0.25, -0.2) is 0 Å². The molecule has 0 amide bonds. The van der Waals surface area contributed by atoms with E-state index in [-0.39, 0.29) is 0 Å². The van der Waals surface area contributed by atoms with Crippen LogP contribution in [0.3, 0.4) is 0 Å². The minimum Gasteiger partial charge on any atom is -0.384 e. The van der Waals surface area contributed by atoms with Crippen LogP contribution in [0, 0.1) is 0 Å². The number of hydrogen-bond donors (Lipinski definition) is 3. The fraction of sp³-hybridized carbons (Fsp3) is 0.0411. The van der Waals surface area contributed by atoms with E-state index < -0.39 is 18.3 Å². The van der Waals surface area contributed by atoms with Gasteiger partial charge < -0.3 is 15.3 Å². The van der Waals surface area contributed by atoms with Crippen LogP contribution in [0.1, 0.15) is 51.7 Å². The smallest absolute Gasteiger partial charge is 0.105 e. The van der Waals surface area contributed by atoms with Crippen LogP contribution in [0.5, 0.6) is 0 Å². The highest BCUT2D eigenvalue weighted by atomic mass is 16.3. The Morgan fingerprint density at radius 1 is 0.184 bits per heavy atom. The van der Waals surface area contributed by atoms with E-state index in [0.29, 0.717) is 0 Å². The Morgan fingerprint density at radius 3 is 0.855 bits per heavy atom. The number of aliphatic hydroxyl groups excluding tert-OH is 3. The summed E-state index contributed by atoms with van der Waals surface area (Å²) in [6.45, 7) is 0. The summed E-state index contributed by atoms with van der Waals surface area (Å²) >= 11 is 0. The summed E-state index contributed by atoms with van der Waals surface area (Å²) in [7, 11) is 0. The Labute approximate surface area is 434 Å². The molecule has 18 aromatic rings. The largest absolute Gasteiger partial charge is 0.384 e. The molecule has 0 aliphatic rings. The topological polar surface area (TPSA) is 60.7 Å². The minimum atomic E-state index is -0.955. The zero-order valence-electron chi connectivity index (χ0n) is 40.9. The lowest BCUT2D eigenvalue weighted by molar-refractivity contribution is 0.222. The maximum atomic E-state index is 13.1. The van der Waals surface area contributed by atoms with Crippen molar-refractivity contribution in [2.45, 2.75) is 18.3 Å². The molecule has 18 aromatic carbocycles. The second kappa shape index (κ2) is 14.5. The molecule has 352 valence electrons. The van der Waals surface area contributed by atoms with E-state index in [4.69, 9.17) is 0 Å². The number of rotatable bonds is 6. The Balaban J connectivity index is 0.916. The van der Waals surface area contributed by atoms with E-state index in [9.17, 15) is 15.3 Å². The second-order valence-corrected chi connectivity index (χ2v) is 21.7. The summed E-state index contributed by atoms with van der Waals surface area (Å²) in [5.74, 6) is 0. The van der Waals surface area contributed by atoms with Gasteiger partial charge in [0.15, 0.2) is 0 Å². The van der Waals surface area contributed by atoms with Gasteiger partial charge in [0.2, 0.25) is 0 Å². The molecule has 0 saturated carbocycles. The molecule has 0 fully saturated rings. The molecule has 3 atom stereocenters. The van der Waals surface area contributed by atoms with Gasteiger partial charge in [0.25, 0.3) is 0 Å². The van der Waals surface area contributed by atoms with Crippen LogP contribution < -0.4 is 0 Å². The van der Waals surface area contributed by atoms with Gasteiger partial charge in [-0.3, -0.25) is 0 Å². The average molecular weight is 967 g/mol. The molecular weight excluding hydrogens is 925 g/mol. The van der Waals surface area contributed by atoms with E-state index in [1.807, 2.05) is 0 Å². The molecule has 0 heterocycles. The van der Waals surface area contributed by atoms with Gasteiger partial charge >= 0.3 is 0 Å². The van der Waals surface area contributed by atoms with E-state index in [1.165, 1.54) is 48.5 Å². The van der Waals surface area contributed by atoms with E-state index in [1.54, 1.807) is 0 Å². The van der Waals surface area contributed by atoms with Crippen LogP contribution >= 0.6 is 0 Å². The van der Waals surface area contributed by atoms with Gasteiger partial charge in [-0.2, -0.15) is 0 Å². The SMILES string of the molecule is OC(c1cc2ccc3cc(C(O)c4cc5cccc6ccc7cccc4c7c65)c4ccc5cc(C(O)c6cc7cccc8ccc9cccc6c9c87)cc6c(c1)c2c3c4c56)c1cc2cccc3ccc4cccc1c4c32. The molecular formula is C73H42O3. The van der Waals surface area contributed by atoms with Crippen molar-refractivity contribution in [2.24, 2.45) is 0 Å². The third kappa shape index (κ3) is 5.26. The van der Waals surface area contributed by atoms with Crippen molar-refractivity contribution >= 4 is 151 Å². The summed E-state index contributed by atoms with van der Waals surface area (Å²) in [5.41, 5.74) is 5.07. The standard InChI is InChI=1S/C73H42O3/c74-71(57-31-43-13-1-7-37-19-22-40-10-4-16-51(57)64(40)61(37)43)49-29-46-25-26-48-34-60(73(76)59-33-45-15-3-9-39-21-24-42-12-6-18-53(59)66(42)63(39)45)54-28-27-47-30-50(36-56-55(35-49)67(46)69(48)70(54)68(47)56)72(75)58-32-44-14-2-8-38-20-23-41-11-5-17-52(58)65(41)62(38)44/h1-36,71-76H. The molecule has 0 bridgehead atoms. The fourth-order valence-electron chi connectivity index (χ4n) is 14.7. The monoisotopic (exact) mass is 966 g/mol. The molecule has 0 radical (unpaired) electrons. The van der Waals surface area contributed by atoms with Crippen LogP contribution in [0.15, 0.2) is 218 Å². The maximum Gasteiger partial charge on any atom is 0.105 e. The Morgan fingerprint density at radius 2 is 0.447 bits per heavy atom. The molecule has 3 heteroatoms. The number of benzene rings is 18. The van der Waals surface area contributed by atoms with Crippen molar-refractivity contribution in [3.05, 3.63) is 252 Å². The van der Waals surface area contributed by atoms with E-state index in [2.05, 4.69) is 218 Å². The quantitative estimate of drug-likeness (QED) is 0.115. The molecule has 3 N–H and O–H groups in total. The summed E-state index contributed by atoms with van der Waals surface area (Å²) in [6.07, 6.45) is -2.83. The number of hydrogen-bond acceptors (Lipinski definition) is 3. The second-order valence-electron chi connectivity index (χ2n) is 21.7.